The zero-order chi connectivity index (χ0) is 15.1. The second kappa shape index (κ2) is 5.26. The van der Waals surface area contributed by atoms with Gasteiger partial charge in [-0.05, 0) is 25.5 Å². The van der Waals surface area contributed by atoms with E-state index in [1.807, 2.05) is 19.9 Å². The maximum absolute atomic E-state index is 10.5. The van der Waals surface area contributed by atoms with Crippen molar-refractivity contribution in [3.05, 3.63) is 51.2 Å². The van der Waals surface area contributed by atoms with Gasteiger partial charge < -0.3 is 10.8 Å². The largest absolute Gasteiger partial charge is 0.397 e. The molecule has 1 atom stereocenters. The van der Waals surface area contributed by atoms with Crippen LogP contribution in [0.1, 0.15) is 27.8 Å². The minimum absolute atomic E-state index is 0.540. The van der Waals surface area contributed by atoms with Crippen molar-refractivity contribution in [1.29, 1.82) is 0 Å². The van der Waals surface area contributed by atoms with Gasteiger partial charge >= 0.3 is 0 Å². The summed E-state index contributed by atoms with van der Waals surface area (Å²) < 4.78 is 0. The number of hydrogen-bond donors (Lipinski definition) is 2. The van der Waals surface area contributed by atoms with Crippen LogP contribution >= 0.6 is 22.9 Å². The van der Waals surface area contributed by atoms with Crippen molar-refractivity contribution >= 4 is 38.8 Å². The first-order valence-corrected chi connectivity index (χ1v) is 7.62. The molecule has 0 fully saturated rings. The molecule has 3 heterocycles. The van der Waals surface area contributed by atoms with Gasteiger partial charge in [-0.2, -0.15) is 0 Å². The molecular formula is C15H14ClN3OS. The van der Waals surface area contributed by atoms with Crippen LogP contribution in [0.4, 0.5) is 5.69 Å². The van der Waals surface area contributed by atoms with Crippen molar-refractivity contribution in [2.45, 2.75) is 20.0 Å². The van der Waals surface area contributed by atoms with E-state index in [4.69, 9.17) is 17.3 Å². The molecule has 0 radical (unpaired) electrons. The molecule has 3 aromatic heterocycles. The van der Waals surface area contributed by atoms with Crippen LogP contribution in [0.25, 0.3) is 10.2 Å². The molecule has 3 aromatic rings. The lowest BCUT2D eigenvalue weighted by molar-refractivity contribution is 0.224. The van der Waals surface area contributed by atoms with Crippen LogP contribution in [0.2, 0.25) is 5.02 Å². The Morgan fingerprint density at radius 1 is 1.38 bits per heavy atom. The topological polar surface area (TPSA) is 72.0 Å². The van der Waals surface area contributed by atoms with Crippen LogP contribution in [0.5, 0.6) is 0 Å². The van der Waals surface area contributed by atoms with Crippen LogP contribution in [0, 0.1) is 13.8 Å². The predicted octanol–water partition coefficient (Wildman–Crippen LogP) is 3.63. The fourth-order valence-corrected chi connectivity index (χ4v) is 3.72. The van der Waals surface area contributed by atoms with Crippen LogP contribution in [-0.4, -0.2) is 15.1 Å². The Bertz CT molecular complexity index is 817. The first-order valence-electron chi connectivity index (χ1n) is 6.43. The molecule has 0 bridgehead atoms. The highest BCUT2D eigenvalue weighted by Crippen LogP contribution is 2.42. The first-order chi connectivity index (χ1) is 10.0. The van der Waals surface area contributed by atoms with Crippen LogP contribution in [-0.2, 0) is 0 Å². The number of rotatable bonds is 2. The van der Waals surface area contributed by atoms with Gasteiger partial charge in [0.2, 0.25) is 0 Å². The number of anilines is 1. The molecule has 3 rings (SSSR count). The smallest absolute Gasteiger partial charge is 0.126 e. The number of hydrogen-bond acceptors (Lipinski definition) is 5. The summed E-state index contributed by atoms with van der Waals surface area (Å²) in [5.41, 5.74) is 9.14. The zero-order valence-corrected chi connectivity index (χ0v) is 13.2. The van der Waals surface area contributed by atoms with Crippen molar-refractivity contribution in [2.75, 3.05) is 5.73 Å². The lowest BCUT2D eigenvalue weighted by Crippen LogP contribution is -2.01. The number of nitrogens with zero attached hydrogens (tertiary/aromatic N) is 2. The summed E-state index contributed by atoms with van der Waals surface area (Å²) in [6.45, 7) is 3.78. The van der Waals surface area contributed by atoms with Crippen molar-refractivity contribution in [3.63, 3.8) is 0 Å². The Kier molecular flexibility index (Phi) is 3.57. The van der Waals surface area contributed by atoms with E-state index in [0.29, 0.717) is 21.2 Å². The van der Waals surface area contributed by atoms with E-state index in [2.05, 4.69) is 9.97 Å². The lowest BCUT2D eigenvalue weighted by atomic mass is 10.1. The van der Waals surface area contributed by atoms with E-state index in [1.54, 1.807) is 18.5 Å². The average molecular weight is 320 g/mol. The molecule has 108 valence electrons. The van der Waals surface area contributed by atoms with E-state index < -0.39 is 6.10 Å². The van der Waals surface area contributed by atoms with E-state index in [-0.39, 0.29) is 0 Å². The highest BCUT2D eigenvalue weighted by molar-refractivity contribution is 7.19. The molecule has 0 amide bonds. The molecule has 3 N–H and O–H groups in total. The number of nitrogens with two attached hydrogens (primary N) is 1. The second-order valence-corrected chi connectivity index (χ2v) is 6.29. The van der Waals surface area contributed by atoms with E-state index in [0.717, 1.165) is 21.5 Å². The quantitative estimate of drug-likeness (QED) is 0.756. The Balaban J connectivity index is 2.21. The summed E-state index contributed by atoms with van der Waals surface area (Å²) in [5.74, 6) is 0. The predicted molar refractivity (Wildman–Crippen MR) is 86.8 cm³/mol. The van der Waals surface area contributed by atoms with Gasteiger partial charge in [0.25, 0.3) is 0 Å². The average Bonchev–Trinajstić information content (AvgIpc) is 2.82. The minimum atomic E-state index is -0.809. The van der Waals surface area contributed by atoms with Gasteiger partial charge in [-0.1, -0.05) is 17.7 Å². The number of aromatic nitrogens is 2. The molecule has 0 aliphatic rings. The third-order valence-electron chi connectivity index (χ3n) is 3.49. The third kappa shape index (κ3) is 2.27. The normalized spacial score (nSPS) is 12.8. The maximum Gasteiger partial charge on any atom is 0.126 e. The van der Waals surface area contributed by atoms with Gasteiger partial charge in [0, 0.05) is 23.3 Å². The van der Waals surface area contributed by atoms with Gasteiger partial charge in [-0.15, -0.1) is 11.3 Å². The molecule has 0 aliphatic heterocycles. The molecule has 0 aromatic carbocycles. The Morgan fingerprint density at radius 3 is 2.81 bits per heavy atom. The van der Waals surface area contributed by atoms with Crippen LogP contribution < -0.4 is 5.73 Å². The fourth-order valence-electron chi connectivity index (χ4n) is 2.36. The molecule has 0 spiro atoms. The monoisotopic (exact) mass is 319 g/mol. The molecule has 4 nitrogen and oxygen atoms in total. The number of halogens is 1. The molecule has 6 heteroatoms. The fraction of sp³-hybridized carbons (Fsp3) is 0.200. The molecule has 0 saturated heterocycles. The zero-order valence-electron chi connectivity index (χ0n) is 11.6. The first kappa shape index (κ1) is 14.3. The van der Waals surface area contributed by atoms with Gasteiger partial charge in [0.1, 0.15) is 10.9 Å². The highest BCUT2D eigenvalue weighted by atomic mass is 35.5. The highest BCUT2D eigenvalue weighted by Gasteiger charge is 2.22. The van der Waals surface area contributed by atoms with Crippen molar-refractivity contribution in [1.82, 2.24) is 9.97 Å². The number of aliphatic hydroxyl groups is 1. The summed E-state index contributed by atoms with van der Waals surface area (Å²) in [6.07, 6.45) is 2.49. The number of aliphatic hydroxyl groups excluding tert-OH is 1. The molecular weight excluding hydrogens is 306 g/mol. The number of pyridine rings is 2. The summed E-state index contributed by atoms with van der Waals surface area (Å²) in [7, 11) is 0. The van der Waals surface area contributed by atoms with Crippen LogP contribution in [0.15, 0.2) is 24.5 Å². The maximum atomic E-state index is 10.5. The van der Waals surface area contributed by atoms with E-state index >= 15 is 0 Å². The second-order valence-electron chi connectivity index (χ2n) is 4.89. The van der Waals surface area contributed by atoms with Gasteiger partial charge in [-0.25, -0.2) is 4.98 Å². The number of fused-ring (bicyclic) bond motifs is 1. The van der Waals surface area contributed by atoms with Crippen molar-refractivity contribution < 1.29 is 5.11 Å². The summed E-state index contributed by atoms with van der Waals surface area (Å²) in [4.78, 5) is 9.97. The molecule has 0 saturated carbocycles. The Labute approximate surface area is 131 Å². The molecule has 1 unspecified atom stereocenters. The third-order valence-corrected chi connectivity index (χ3v) is 5.20. The van der Waals surface area contributed by atoms with Crippen molar-refractivity contribution in [2.24, 2.45) is 0 Å². The summed E-state index contributed by atoms with van der Waals surface area (Å²) in [6, 6.07) is 3.60. The minimum Gasteiger partial charge on any atom is -0.397 e. The standard InChI is InChI=1S/C15H14ClN3OS/c1-7-10-12(17)14(13(20)9-4-3-5-18-6-9)21-15(10)19-8(2)11(7)16/h3-6,13,20H,17H2,1-2H3. The number of thiophene rings is 1. The van der Waals surface area contributed by atoms with Gasteiger partial charge in [-0.3, -0.25) is 4.98 Å². The molecule has 0 aliphatic carbocycles. The Hall–Kier alpha value is -1.69. The number of nitrogen functional groups attached to an aromatic ring is 1. The molecule has 21 heavy (non-hydrogen) atoms. The summed E-state index contributed by atoms with van der Waals surface area (Å²) in [5, 5.41) is 12.0. The van der Waals surface area contributed by atoms with Crippen LogP contribution in [0.3, 0.4) is 0 Å². The van der Waals surface area contributed by atoms with Crippen molar-refractivity contribution in [3.8, 4) is 0 Å². The summed E-state index contributed by atoms with van der Waals surface area (Å²) >= 11 is 7.64. The Morgan fingerprint density at radius 2 is 2.14 bits per heavy atom. The SMILES string of the molecule is Cc1nc2sc(C(O)c3cccnc3)c(N)c2c(C)c1Cl. The lowest BCUT2D eigenvalue weighted by Gasteiger charge is -2.09. The van der Waals surface area contributed by atoms with Gasteiger partial charge in [0.15, 0.2) is 0 Å². The van der Waals surface area contributed by atoms with E-state index in [1.165, 1.54) is 11.3 Å². The van der Waals surface area contributed by atoms with E-state index in [9.17, 15) is 5.11 Å². The van der Waals surface area contributed by atoms with Gasteiger partial charge in [0.05, 0.1) is 21.3 Å². The number of aryl methyl sites for hydroxylation is 2.